The number of fused-ring (bicyclic) bond motifs is 10. The molecule has 12 unspecified atom stereocenters. The normalized spacial score (nSPS) is 45.4. The van der Waals surface area contributed by atoms with E-state index in [1.54, 1.807) is 0 Å². The maximum atomic E-state index is 11.6. The molecule has 0 radical (unpaired) electrons. The van der Waals surface area contributed by atoms with Crippen LogP contribution in [-0.4, -0.2) is 50.6 Å². The van der Waals surface area contributed by atoms with Crippen molar-refractivity contribution in [2.75, 3.05) is 26.4 Å². The first-order valence-electron chi connectivity index (χ1n) is 21.5. The Hall–Kier alpha value is -1.66. The minimum Gasteiger partial charge on any atom is -0.462 e. The molecule has 0 aliphatic heterocycles. The van der Waals surface area contributed by atoms with Gasteiger partial charge < -0.3 is 18.9 Å². The molecule has 0 aromatic carbocycles. The van der Waals surface area contributed by atoms with Gasteiger partial charge in [0, 0.05) is 18.8 Å². The summed E-state index contributed by atoms with van der Waals surface area (Å²) in [5.74, 6) is 10.4. The molecule has 6 nitrogen and oxygen atoms in total. The van der Waals surface area contributed by atoms with Gasteiger partial charge in [-0.15, -0.1) is 0 Å². The van der Waals surface area contributed by atoms with Gasteiger partial charge in [0.15, 0.2) is 0 Å². The number of esters is 2. The minimum atomic E-state index is -0.275. The van der Waals surface area contributed by atoms with Gasteiger partial charge in [-0.25, -0.2) is 9.59 Å². The molecule has 0 amide bonds. The average Bonchev–Trinajstić information content (AvgIpc) is 4.00. The Morgan fingerprint density at radius 2 is 0.961 bits per heavy atom. The predicted octanol–water partition coefficient (Wildman–Crippen LogP) is 9.22. The predicted molar refractivity (Wildman–Crippen MR) is 198 cm³/mol. The summed E-state index contributed by atoms with van der Waals surface area (Å²) in [6.45, 7) is 15.4. The standard InChI is InChI=1S/C45H68O6/c1-5-43(46)50-24-28-16-38-29-19-31(39(21-29)42(38)18-28)25-49-36-13-9-34(10-14-36)45(3,4)33-7-11-35(12-8-33)48-23-27-15-37-30-20-32(26-51-44(47)6-2)40(22-30)41(37)17-27/h5-6,27-42H,1-2,7-26H2,3-4H3. The molecule has 8 aliphatic carbocycles. The van der Waals surface area contributed by atoms with Crippen molar-refractivity contribution in [1.29, 1.82) is 0 Å². The van der Waals surface area contributed by atoms with E-state index in [-0.39, 0.29) is 11.9 Å². The monoisotopic (exact) mass is 705 g/mol. The van der Waals surface area contributed by atoms with Crippen molar-refractivity contribution < 1.29 is 28.5 Å². The van der Waals surface area contributed by atoms with Gasteiger partial charge in [0.25, 0.3) is 0 Å². The lowest BCUT2D eigenvalue weighted by atomic mass is 9.60. The topological polar surface area (TPSA) is 71.1 Å². The van der Waals surface area contributed by atoms with E-state index in [0.29, 0.717) is 42.7 Å². The third-order valence-electron chi connectivity index (χ3n) is 17.2. The Balaban J connectivity index is 0.716. The highest BCUT2D eigenvalue weighted by Crippen LogP contribution is 2.63. The zero-order chi connectivity index (χ0) is 35.3. The molecule has 0 aromatic rings. The molecule has 8 rings (SSSR count). The highest BCUT2D eigenvalue weighted by atomic mass is 16.5. The summed E-state index contributed by atoms with van der Waals surface area (Å²) < 4.78 is 24.3. The maximum Gasteiger partial charge on any atom is 0.330 e. The SMILES string of the molecule is C=CC(=O)OCC1CC2C3CC(COC4CCC(C(C)(C)C5CCC(OCC6CC7C8CC(COC(=O)C=C)C(C8)C7C6)CC5)CC4)C(C3)C2C1. The van der Waals surface area contributed by atoms with Crippen molar-refractivity contribution in [3.63, 3.8) is 0 Å². The van der Waals surface area contributed by atoms with Crippen LogP contribution in [0.1, 0.15) is 117 Å². The van der Waals surface area contributed by atoms with Crippen LogP contribution in [0, 0.1) is 88.3 Å². The molecule has 0 N–H and O–H groups in total. The third-order valence-corrected chi connectivity index (χ3v) is 17.2. The Morgan fingerprint density at radius 1 is 0.529 bits per heavy atom. The Morgan fingerprint density at radius 3 is 1.47 bits per heavy atom. The summed E-state index contributed by atoms with van der Waals surface area (Å²) in [4.78, 5) is 23.2. The van der Waals surface area contributed by atoms with E-state index >= 15 is 0 Å². The zero-order valence-corrected chi connectivity index (χ0v) is 31.9. The van der Waals surface area contributed by atoms with Gasteiger partial charge in [-0.05, 0) is 191 Å². The molecule has 0 saturated heterocycles. The number of hydrogen-bond donors (Lipinski definition) is 0. The van der Waals surface area contributed by atoms with Crippen molar-refractivity contribution in [2.24, 2.45) is 88.3 Å². The van der Waals surface area contributed by atoms with E-state index in [1.165, 1.54) is 115 Å². The lowest BCUT2D eigenvalue weighted by molar-refractivity contribution is -0.140. The summed E-state index contributed by atoms with van der Waals surface area (Å²) in [6.07, 6.45) is 24.3. The second-order valence-corrected chi connectivity index (χ2v) is 19.7. The van der Waals surface area contributed by atoms with E-state index in [2.05, 4.69) is 27.0 Å². The second kappa shape index (κ2) is 15.2. The molecule has 0 aromatic heterocycles. The van der Waals surface area contributed by atoms with Gasteiger partial charge in [-0.3, -0.25) is 0 Å². The van der Waals surface area contributed by atoms with Crippen LogP contribution in [0.2, 0.25) is 0 Å². The quantitative estimate of drug-likeness (QED) is 0.133. The van der Waals surface area contributed by atoms with Crippen molar-refractivity contribution >= 4 is 11.9 Å². The molecule has 51 heavy (non-hydrogen) atoms. The fraction of sp³-hybridized carbons (Fsp3) is 0.867. The van der Waals surface area contributed by atoms with Crippen LogP contribution in [0.25, 0.3) is 0 Å². The number of carbonyl (C=O) groups is 2. The highest BCUT2D eigenvalue weighted by molar-refractivity contribution is 5.81. The Labute approximate surface area is 308 Å². The molecule has 8 saturated carbocycles. The zero-order valence-electron chi connectivity index (χ0n) is 31.9. The summed E-state index contributed by atoms with van der Waals surface area (Å²) in [6, 6.07) is 0. The molecule has 4 bridgehead atoms. The summed E-state index contributed by atoms with van der Waals surface area (Å²) >= 11 is 0. The van der Waals surface area contributed by atoms with Gasteiger partial charge in [-0.1, -0.05) is 27.0 Å². The van der Waals surface area contributed by atoms with Crippen LogP contribution in [-0.2, 0) is 28.5 Å². The number of hydrogen-bond acceptors (Lipinski definition) is 6. The first kappa shape index (κ1) is 36.3. The van der Waals surface area contributed by atoms with Crippen LogP contribution >= 0.6 is 0 Å². The van der Waals surface area contributed by atoms with Crippen molar-refractivity contribution in [1.82, 2.24) is 0 Å². The van der Waals surface area contributed by atoms with Gasteiger partial charge in [0.05, 0.1) is 32.0 Å². The smallest absolute Gasteiger partial charge is 0.330 e. The van der Waals surface area contributed by atoms with Crippen LogP contribution in [0.3, 0.4) is 0 Å². The van der Waals surface area contributed by atoms with Gasteiger partial charge >= 0.3 is 11.9 Å². The van der Waals surface area contributed by atoms with Gasteiger partial charge in [0.1, 0.15) is 0 Å². The molecule has 0 spiro atoms. The molecule has 8 fully saturated rings. The number of carbonyl (C=O) groups excluding carboxylic acids is 2. The van der Waals surface area contributed by atoms with Crippen LogP contribution in [0.15, 0.2) is 25.3 Å². The van der Waals surface area contributed by atoms with Gasteiger partial charge in [-0.2, -0.15) is 0 Å². The van der Waals surface area contributed by atoms with Crippen molar-refractivity contribution in [2.45, 2.75) is 129 Å². The Bertz CT molecular complexity index is 1260. The van der Waals surface area contributed by atoms with Crippen molar-refractivity contribution in [3.05, 3.63) is 25.3 Å². The maximum absolute atomic E-state index is 11.6. The van der Waals surface area contributed by atoms with Crippen molar-refractivity contribution in [3.8, 4) is 0 Å². The average molecular weight is 705 g/mol. The largest absolute Gasteiger partial charge is 0.462 e. The molecule has 0 heterocycles. The molecule has 6 heteroatoms. The van der Waals surface area contributed by atoms with Crippen LogP contribution in [0.4, 0.5) is 0 Å². The summed E-state index contributed by atoms with van der Waals surface area (Å²) in [5.41, 5.74) is 0.396. The lowest BCUT2D eigenvalue weighted by Crippen LogP contribution is -2.39. The van der Waals surface area contributed by atoms with Crippen LogP contribution < -0.4 is 0 Å². The van der Waals surface area contributed by atoms with E-state index < -0.39 is 0 Å². The summed E-state index contributed by atoms with van der Waals surface area (Å²) in [5, 5.41) is 0. The minimum absolute atomic E-state index is 0.269. The molecule has 284 valence electrons. The summed E-state index contributed by atoms with van der Waals surface area (Å²) in [7, 11) is 0. The van der Waals surface area contributed by atoms with Gasteiger partial charge in [0.2, 0.25) is 0 Å². The molecular formula is C45H68O6. The van der Waals surface area contributed by atoms with E-state index in [1.807, 2.05) is 0 Å². The lowest BCUT2D eigenvalue weighted by Gasteiger charge is -2.46. The second-order valence-electron chi connectivity index (χ2n) is 19.7. The van der Waals surface area contributed by atoms with E-state index in [0.717, 1.165) is 84.2 Å². The first-order valence-corrected chi connectivity index (χ1v) is 21.5. The molecular weight excluding hydrogens is 636 g/mol. The molecule has 8 aliphatic rings. The number of ether oxygens (including phenoxy) is 4. The van der Waals surface area contributed by atoms with E-state index in [4.69, 9.17) is 18.9 Å². The molecule has 12 atom stereocenters. The van der Waals surface area contributed by atoms with E-state index in [9.17, 15) is 9.59 Å². The fourth-order valence-electron chi connectivity index (χ4n) is 14.6. The Kier molecular flexibility index (Phi) is 10.8. The highest BCUT2D eigenvalue weighted by Gasteiger charge is 2.57. The van der Waals surface area contributed by atoms with Crippen LogP contribution in [0.5, 0.6) is 0 Å². The number of rotatable bonds is 14. The third kappa shape index (κ3) is 7.41. The fourth-order valence-corrected chi connectivity index (χ4v) is 14.6. The first-order chi connectivity index (χ1) is 24.7.